The van der Waals surface area contributed by atoms with Crippen LogP contribution in [0.3, 0.4) is 0 Å². The smallest absolute Gasteiger partial charge is 0.306 e. The Balaban J connectivity index is 2.15. The monoisotopic (exact) mass is 166 g/mol. The van der Waals surface area contributed by atoms with Crippen LogP contribution in [-0.4, -0.2) is 15.7 Å². The van der Waals surface area contributed by atoms with Crippen molar-refractivity contribution in [2.24, 2.45) is 7.05 Å². The van der Waals surface area contributed by atoms with Crippen LogP contribution in [0.25, 0.3) is 0 Å². The summed E-state index contributed by atoms with van der Waals surface area (Å²) in [5.41, 5.74) is 0.989. The lowest BCUT2D eigenvalue weighted by atomic mass is 10.1. The lowest BCUT2D eigenvalue weighted by molar-refractivity contribution is -0.141. The molecular weight excluding hydrogens is 156 g/mol. The van der Waals surface area contributed by atoms with Crippen molar-refractivity contribution >= 4 is 5.97 Å². The highest BCUT2D eigenvalue weighted by Crippen LogP contribution is 2.28. The Bertz CT molecular complexity index is 306. The SMILES string of the molecule is Cn1cc(C2CCC(=O)O2)cn1. The van der Waals surface area contributed by atoms with Gasteiger partial charge in [0, 0.05) is 25.2 Å². The van der Waals surface area contributed by atoms with Crippen LogP contribution in [0.1, 0.15) is 24.5 Å². The van der Waals surface area contributed by atoms with Crippen LogP contribution in [0.2, 0.25) is 0 Å². The first-order chi connectivity index (χ1) is 5.75. The summed E-state index contributed by atoms with van der Waals surface area (Å²) in [5, 5.41) is 4.01. The number of esters is 1. The fourth-order valence-corrected chi connectivity index (χ4v) is 1.37. The van der Waals surface area contributed by atoms with Gasteiger partial charge in [-0.15, -0.1) is 0 Å². The fraction of sp³-hybridized carbons (Fsp3) is 0.500. The average Bonchev–Trinajstić information content (AvgIpc) is 2.58. The number of carbonyl (C=O) groups is 1. The first-order valence-electron chi connectivity index (χ1n) is 3.94. The van der Waals surface area contributed by atoms with Gasteiger partial charge in [-0.05, 0) is 6.42 Å². The highest BCUT2D eigenvalue weighted by atomic mass is 16.5. The number of cyclic esters (lactones) is 1. The van der Waals surface area contributed by atoms with E-state index in [9.17, 15) is 4.79 Å². The van der Waals surface area contributed by atoms with Crippen molar-refractivity contribution in [3.63, 3.8) is 0 Å². The van der Waals surface area contributed by atoms with Crippen molar-refractivity contribution in [2.75, 3.05) is 0 Å². The van der Waals surface area contributed by atoms with E-state index in [-0.39, 0.29) is 12.1 Å². The first-order valence-corrected chi connectivity index (χ1v) is 3.94. The van der Waals surface area contributed by atoms with Gasteiger partial charge in [-0.2, -0.15) is 5.10 Å². The van der Waals surface area contributed by atoms with E-state index < -0.39 is 0 Å². The van der Waals surface area contributed by atoms with E-state index in [1.165, 1.54) is 0 Å². The standard InChI is InChI=1S/C8H10N2O2/c1-10-5-6(4-9-10)7-2-3-8(11)12-7/h4-5,7H,2-3H2,1H3. The summed E-state index contributed by atoms with van der Waals surface area (Å²) in [6, 6.07) is 0. The van der Waals surface area contributed by atoms with Gasteiger partial charge in [0.1, 0.15) is 6.10 Å². The third-order valence-electron chi connectivity index (χ3n) is 1.98. The predicted octanol–water partition coefficient (Wildman–Crippen LogP) is 0.798. The molecule has 1 aromatic heterocycles. The molecule has 0 N–H and O–H groups in total. The summed E-state index contributed by atoms with van der Waals surface area (Å²) >= 11 is 0. The van der Waals surface area contributed by atoms with Gasteiger partial charge in [0.15, 0.2) is 0 Å². The van der Waals surface area contributed by atoms with E-state index >= 15 is 0 Å². The number of ether oxygens (including phenoxy) is 1. The minimum Gasteiger partial charge on any atom is -0.457 e. The minimum atomic E-state index is -0.108. The Labute approximate surface area is 70.1 Å². The van der Waals surface area contributed by atoms with Gasteiger partial charge < -0.3 is 4.74 Å². The molecule has 1 aliphatic heterocycles. The van der Waals surface area contributed by atoms with Crippen molar-refractivity contribution in [1.29, 1.82) is 0 Å². The Morgan fingerprint density at radius 2 is 2.58 bits per heavy atom. The van der Waals surface area contributed by atoms with Crippen molar-refractivity contribution in [3.8, 4) is 0 Å². The maximum absolute atomic E-state index is 10.8. The van der Waals surface area contributed by atoms with E-state index in [1.807, 2.05) is 13.2 Å². The number of nitrogens with zero attached hydrogens (tertiary/aromatic N) is 2. The zero-order valence-electron chi connectivity index (χ0n) is 6.86. The number of rotatable bonds is 1. The molecule has 0 amide bonds. The van der Waals surface area contributed by atoms with Gasteiger partial charge in [0.2, 0.25) is 0 Å². The zero-order chi connectivity index (χ0) is 8.55. The minimum absolute atomic E-state index is 0.0637. The van der Waals surface area contributed by atoms with Crippen LogP contribution in [-0.2, 0) is 16.6 Å². The summed E-state index contributed by atoms with van der Waals surface area (Å²) in [6.07, 6.45) is 4.86. The molecule has 4 nitrogen and oxygen atoms in total. The van der Waals surface area contributed by atoms with Gasteiger partial charge in [-0.25, -0.2) is 0 Å². The summed E-state index contributed by atoms with van der Waals surface area (Å²) < 4.78 is 6.78. The maximum atomic E-state index is 10.8. The molecule has 0 aromatic carbocycles. The van der Waals surface area contributed by atoms with Crippen LogP contribution < -0.4 is 0 Å². The first kappa shape index (κ1) is 7.34. The van der Waals surface area contributed by atoms with Gasteiger partial charge >= 0.3 is 5.97 Å². The quantitative estimate of drug-likeness (QED) is 0.579. The lowest BCUT2D eigenvalue weighted by Gasteiger charge is -2.04. The molecule has 64 valence electrons. The summed E-state index contributed by atoms with van der Waals surface area (Å²) in [7, 11) is 1.85. The number of hydrogen-bond acceptors (Lipinski definition) is 3. The average molecular weight is 166 g/mol. The number of aryl methyl sites for hydroxylation is 1. The van der Waals surface area contributed by atoms with Crippen LogP contribution in [0, 0.1) is 0 Å². The summed E-state index contributed by atoms with van der Waals surface area (Å²) in [6.45, 7) is 0. The third-order valence-corrected chi connectivity index (χ3v) is 1.98. The van der Waals surface area contributed by atoms with E-state index in [4.69, 9.17) is 4.74 Å². The Morgan fingerprint density at radius 1 is 1.75 bits per heavy atom. The highest BCUT2D eigenvalue weighted by molar-refractivity contribution is 5.71. The molecule has 0 radical (unpaired) electrons. The van der Waals surface area contributed by atoms with E-state index in [0.29, 0.717) is 6.42 Å². The van der Waals surface area contributed by atoms with E-state index in [2.05, 4.69) is 5.10 Å². The van der Waals surface area contributed by atoms with Crippen LogP contribution in [0.4, 0.5) is 0 Å². The molecule has 1 atom stereocenters. The Hall–Kier alpha value is -1.32. The van der Waals surface area contributed by atoms with Crippen molar-refractivity contribution < 1.29 is 9.53 Å². The molecule has 1 unspecified atom stereocenters. The number of carbonyl (C=O) groups excluding carboxylic acids is 1. The van der Waals surface area contributed by atoms with Gasteiger partial charge in [-0.1, -0.05) is 0 Å². The molecule has 1 aliphatic rings. The summed E-state index contributed by atoms with van der Waals surface area (Å²) in [5.74, 6) is -0.108. The number of aromatic nitrogens is 2. The molecule has 1 aromatic rings. The van der Waals surface area contributed by atoms with Crippen LogP contribution in [0.15, 0.2) is 12.4 Å². The number of hydrogen-bond donors (Lipinski definition) is 0. The molecule has 2 rings (SSSR count). The molecule has 0 spiro atoms. The third kappa shape index (κ3) is 1.20. The van der Waals surface area contributed by atoms with E-state index in [1.54, 1.807) is 10.9 Å². The Kier molecular flexibility index (Phi) is 1.60. The largest absolute Gasteiger partial charge is 0.457 e. The second-order valence-electron chi connectivity index (χ2n) is 2.96. The van der Waals surface area contributed by atoms with Crippen LogP contribution in [0.5, 0.6) is 0 Å². The lowest BCUT2D eigenvalue weighted by Crippen LogP contribution is -1.97. The topological polar surface area (TPSA) is 44.1 Å². The molecule has 12 heavy (non-hydrogen) atoms. The summed E-state index contributed by atoms with van der Waals surface area (Å²) in [4.78, 5) is 10.8. The maximum Gasteiger partial charge on any atom is 0.306 e. The van der Waals surface area contributed by atoms with Gasteiger partial charge in [0.05, 0.1) is 6.20 Å². The molecule has 0 bridgehead atoms. The molecule has 0 saturated carbocycles. The second kappa shape index (κ2) is 2.62. The molecule has 0 aliphatic carbocycles. The van der Waals surface area contributed by atoms with Crippen LogP contribution >= 0.6 is 0 Å². The predicted molar refractivity (Wildman–Crippen MR) is 41.3 cm³/mol. The van der Waals surface area contributed by atoms with Gasteiger partial charge in [-0.3, -0.25) is 9.48 Å². The van der Waals surface area contributed by atoms with Crippen molar-refractivity contribution in [3.05, 3.63) is 18.0 Å². The molecule has 4 heteroatoms. The fourth-order valence-electron chi connectivity index (χ4n) is 1.37. The van der Waals surface area contributed by atoms with E-state index in [0.717, 1.165) is 12.0 Å². The molecule has 1 fully saturated rings. The van der Waals surface area contributed by atoms with Gasteiger partial charge in [0.25, 0.3) is 0 Å². The highest BCUT2D eigenvalue weighted by Gasteiger charge is 2.25. The molecule has 1 saturated heterocycles. The molecule has 2 heterocycles. The second-order valence-corrected chi connectivity index (χ2v) is 2.96. The van der Waals surface area contributed by atoms with Crippen molar-refractivity contribution in [2.45, 2.75) is 18.9 Å². The van der Waals surface area contributed by atoms with Crippen molar-refractivity contribution in [1.82, 2.24) is 9.78 Å². The zero-order valence-corrected chi connectivity index (χ0v) is 6.86. The molecular formula is C8H10N2O2. The Morgan fingerprint density at radius 3 is 3.08 bits per heavy atom. The normalized spacial score (nSPS) is 22.8.